The van der Waals surface area contributed by atoms with E-state index < -0.39 is 0 Å². The molecule has 1 aromatic heterocycles. The molecule has 11 heavy (non-hydrogen) atoms. The Balaban J connectivity index is 3.06. The molecule has 5 heteroatoms. The van der Waals surface area contributed by atoms with Gasteiger partial charge < -0.3 is 5.21 Å². The van der Waals surface area contributed by atoms with Gasteiger partial charge in [0.1, 0.15) is 4.60 Å². The Kier molecular flexibility index (Phi) is 2.84. The van der Waals surface area contributed by atoms with Crippen LogP contribution >= 0.6 is 27.5 Å². The van der Waals surface area contributed by atoms with Crippen LogP contribution in [-0.4, -0.2) is 15.4 Å². The monoisotopic (exact) mass is 234 g/mol. The number of halogens is 2. The molecular weight excluding hydrogens is 231 g/mol. The molecule has 58 valence electrons. The van der Waals surface area contributed by atoms with Gasteiger partial charge in [0, 0.05) is 11.8 Å². The summed E-state index contributed by atoms with van der Waals surface area (Å²) in [6, 6.07) is 3.30. The highest BCUT2D eigenvalue weighted by atomic mass is 79.9. The molecule has 0 spiro atoms. The van der Waals surface area contributed by atoms with Crippen molar-refractivity contribution in [2.45, 2.75) is 0 Å². The van der Waals surface area contributed by atoms with Gasteiger partial charge in [-0.2, -0.15) is 0 Å². The fraction of sp³-hybridized carbons (Fsp3) is 0. The molecule has 1 aromatic rings. The summed E-state index contributed by atoms with van der Waals surface area (Å²) in [6.45, 7) is 0. The molecule has 0 saturated heterocycles. The smallest absolute Gasteiger partial charge is 0.175 e. The molecular formula is C6H4BrClN2O. The van der Waals surface area contributed by atoms with E-state index in [2.05, 4.69) is 26.1 Å². The van der Waals surface area contributed by atoms with E-state index in [0.717, 1.165) is 0 Å². The average Bonchev–Trinajstić information content (AvgIpc) is 2.03. The summed E-state index contributed by atoms with van der Waals surface area (Å²) in [5.41, 5.74) is 0.621. The number of rotatable bonds is 1. The molecule has 0 amide bonds. The van der Waals surface area contributed by atoms with Gasteiger partial charge in [0.05, 0.1) is 0 Å². The first-order valence-corrected chi connectivity index (χ1v) is 3.90. The Morgan fingerprint density at radius 2 is 2.45 bits per heavy atom. The first kappa shape index (κ1) is 8.49. The van der Waals surface area contributed by atoms with Gasteiger partial charge in [0.25, 0.3) is 0 Å². The van der Waals surface area contributed by atoms with Crippen molar-refractivity contribution >= 4 is 32.7 Å². The second-order valence-corrected chi connectivity index (χ2v) is 2.93. The van der Waals surface area contributed by atoms with Crippen LogP contribution in [0.1, 0.15) is 5.56 Å². The van der Waals surface area contributed by atoms with Crippen LogP contribution in [0.25, 0.3) is 0 Å². The van der Waals surface area contributed by atoms with Crippen molar-refractivity contribution in [3.63, 3.8) is 0 Å². The Morgan fingerprint density at radius 3 is 3.00 bits per heavy atom. The molecule has 1 heterocycles. The summed E-state index contributed by atoms with van der Waals surface area (Å²) in [6.07, 6.45) is 1.56. The second-order valence-electron chi connectivity index (χ2n) is 1.76. The van der Waals surface area contributed by atoms with Crippen molar-refractivity contribution in [1.82, 2.24) is 4.98 Å². The molecule has 1 rings (SSSR count). The highest BCUT2D eigenvalue weighted by Gasteiger charge is 1.99. The van der Waals surface area contributed by atoms with Gasteiger partial charge in [0.2, 0.25) is 0 Å². The van der Waals surface area contributed by atoms with Crippen LogP contribution in [0.4, 0.5) is 0 Å². The lowest BCUT2D eigenvalue weighted by molar-refractivity contribution is 0.321. The van der Waals surface area contributed by atoms with Gasteiger partial charge in [-0.05, 0) is 28.1 Å². The number of pyridine rings is 1. The molecule has 0 unspecified atom stereocenters. The van der Waals surface area contributed by atoms with Gasteiger partial charge >= 0.3 is 0 Å². The fourth-order valence-corrected chi connectivity index (χ4v) is 1.07. The lowest BCUT2D eigenvalue weighted by Gasteiger charge is -1.94. The minimum Gasteiger partial charge on any atom is -0.410 e. The molecule has 1 N–H and O–H groups in total. The van der Waals surface area contributed by atoms with Gasteiger partial charge in [-0.15, -0.1) is 0 Å². The summed E-state index contributed by atoms with van der Waals surface area (Å²) in [7, 11) is 0. The van der Waals surface area contributed by atoms with Crippen molar-refractivity contribution in [3.05, 3.63) is 28.5 Å². The minimum absolute atomic E-state index is 0.0492. The largest absolute Gasteiger partial charge is 0.410 e. The quantitative estimate of drug-likeness (QED) is 0.351. The number of oxime groups is 1. The third kappa shape index (κ3) is 2.17. The van der Waals surface area contributed by atoms with Crippen LogP contribution < -0.4 is 0 Å². The van der Waals surface area contributed by atoms with E-state index in [4.69, 9.17) is 16.8 Å². The highest BCUT2D eigenvalue weighted by Crippen LogP contribution is 2.10. The number of hydrogen-bond acceptors (Lipinski definition) is 3. The zero-order chi connectivity index (χ0) is 8.27. The number of nitrogens with zero attached hydrogens (tertiary/aromatic N) is 2. The Hall–Kier alpha value is -0.610. The molecule has 0 aliphatic carbocycles. The molecule has 0 aliphatic heterocycles. The number of aromatic nitrogens is 1. The summed E-state index contributed by atoms with van der Waals surface area (Å²) < 4.78 is 0.650. The van der Waals surface area contributed by atoms with Crippen LogP contribution in [0.2, 0.25) is 0 Å². The van der Waals surface area contributed by atoms with E-state index >= 15 is 0 Å². The zero-order valence-corrected chi connectivity index (χ0v) is 7.67. The van der Waals surface area contributed by atoms with Gasteiger partial charge in [-0.1, -0.05) is 16.8 Å². The maximum atomic E-state index is 8.30. The molecule has 0 saturated carbocycles. The van der Waals surface area contributed by atoms with Crippen LogP contribution in [0, 0.1) is 0 Å². The summed E-state index contributed by atoms with van der Waals surface area (Å²) in [4.78, 5) is 3.88. The van der Waals surface area contributed by atoms with E-state index in [9.17, 15) is 0 Å². The minimum atomic E-state index is 0.0492. The lowest BCUT2D eigenvalue weighted by atomic mass is 10.3. The van der Waals surface area contributed by atoms with Gasteiger partial charge in [0.15, 0.2) is 5.17 Å². The van der Waals surface area contributed by atoms with Crippen LogP contribution in [-0.2, 0) is 0 Å². The molecule has 0 fully saturated rings. The second kappa shape index (κ2) is 3.69. The normalized spacial score (nSPS) is 11.6. The van der Waals surface area contributed by atoms with Crippen LogP contribution in [0.3, 0.4) is 0 Å². The standard InChI is InChI=1S/C6H4BrClN2O/c7-5-3-4(1-2-9-5)6(8)10-11/h1-3,11H. The van der Waals surface area contributed by atoms with Crippen molar-refractivity contribution in [1.29, 1.82) is 0 Å². The first-order chi connectivity index (χ1) is 5.24. The highest BCUT2D eigenvalue weighted by molar-refractivity contribution is 9.10. The predicted molar refractivity (Wildman–Crippen MR) is 46.1 cm³/mol. The van der Waals surface area contributed by atoms with Crippen LogP contribution in [0.5, 0.6) is 0 Å². The molecule has 3 nitrogen and oxygen atoms in total. The first-order valence-electron chi connectivity index (χ1n) is 2.73. The SMILES string of the molecule is ON=C(Cl)c1ccnc(Br)c1. The Bertz CT molecular complexity index is 290. The van der Waals surface area contributed by atoms with Gasteiger partial charge in [-0.3, -0.25) is 0 Å². The van der Waals surface area contributed by atoms with Crippen molar-refractivity contribution < 1.29 is 5.21 Å². The maximum Gasteiger partial charge on any atom is 0.175 e. The molecule has 0 aliphatic rings. The van der Waals surface area contributed by atoms with Crippen molar-refractivity contribution in [2.75, 3.05) is 0 Å². The van der Waals surface area contributed by atoms with Crippen molar-refractivity contribution in [2.24, 2.45) is 5.16 Å². The van der Waals surface area contributed by atoms with Crippen LogP contribution in [0.15, 0.2) is 28.1 Å². The average molecular weight is 235 g/mol. The van der Waals surface area contributed by atoms with E-state index in [0.29, 0.717) is 10.2 Å². The fourth-order valence-electron chi connectivity index (χ4n) is 0.589. The zero-order valence-electron chi connectivity index (χ0n) is 5.33. The Labute approximate surface area is 76.8 Å². The van der Waals surface area contributed by atoms with E-state index in [1.165, 1.54) is 0 Å². The van der Waals surface area contributed by atoms with E-state index in [1.807, 2.05) is 0 Å². The molecule has 0 bridgehead atoms. The summed E-state index contributed by atoms with van der Waals surface area (Å²) in [5, 5.41) is 11.2. The topological polar surface area (TPSA) is 45.5 Å². The third-order valence-corrected chi connectivity index (χ3v) is 1.78. The number of hydrogen-bond donors (Lipinski definition) is 1. The predicted octanol–water partition coefficient (Wildman–Crippen LogP) is 2.22. The summed E-state index contributed by atoms with van der Waals surface area (Å²) in [5.74, 6) is 0. The van der Waals surface area contributed by atoms with E-state index in [1.54, 1.807) is 18.3 Å². The lowest BCUT2D eigenvalue weighted by Crippen LogP contribution is -1.91. The Morgan fingerprint density at radius 1 is 1.73 bits per heavy atom. The molecule has 0 radical (unpaired) electrons. The third-order valence-electron chi connectivity index (χ3n) is 1.05. The van der Waals surface area contributed by atoms with Crippen molar-refractivity contribution in [3.8, 4) is 0 Å². The van der Waals surface area contributed by atoms with Gasteiger partial charge in [-0.25, -0.2) is 4.98 Å². The van der Waals surface area contributed by atoms with E-state index in [-0.39, 0.29) is 5.17 Å². The molecule has 0 atom stereocenters. The molecule has 0 aromatic carbocycles. The maximum absolute atomic E-state index is 8.30. The summed E-state index contributed by atoms with van der Waals surface area (Å²) >= 11 is 8.67.